The third kappa shape index (κ3) is 3.45. The van der Waals surface area contributed by atoms with E-state index in [1.807, 2.05) is 12.1 Å². The van der Waals surface area contributed by atoms with Crippen LogP contribution in [0.4, 0.5) is 11.4 Å². The molecule has 0 unspecified atom stereocenters. The third-order valence-corrected chi connectivity index (χ3v) is 4.86. The highest BCUT2D eigenvalue weighted by molar-refractivity contribution is 14.1. The van der Waals surface area contributed by atoms with Crippen LogP contribution in [0.25, 0.3) is 0 Å². The van der Waals surface area contributed by atoms with Crippen LogP contribution >= 0.6 is 34.4 Å². The zero-order valence-corrected chi connectivity index (χ0v) is 12.2. The summed E-state index contributed by atoms with van der Waals surface area (Å²) in [7, 11) is 0. The van der Waals surface area contributed by atoms with Crippen molar-refractivity contribution in [1.29, 1.82) is 0 Å². The maximum atomic E-state index is 5.73. The van der Waals surface area contributed by atoms with Gasteiger partial charge in [-0.15, -0.1) is 0 Å². The highest BCUT2D eigenvalue weighted by Crippen LogP contribution is 2.25. The number of halogens is 1. The molecule has 0 aromatic heterocycles. The van der Waals surface area contributed by atoms with Gasteiger partial charge in [-0.3, -0.25) is 0 Å². The molecule has 2 rings (SSSR count). The van der Waals surface area contributed by atoms with E-state index in [4.69, 9.17) is 5.73 Å². The van der Waals surface area contributed by atoms with Gasteiger partial charge in [-0.25, -0.2) is 0 Å². The predicted molar refractivity (Wildman–Crippen MR) is 82.1 cm³/mol. The number of nitrogen functional groups attached to an aromatic ring is 1. The smallest absolute Gasteiger partial charge is 0.0477 e. The van der Waals surface area contributed by atoms with E-state index in [1.165, 1.54) is 33.6 Å². The van der Waals surface area contributed by atoms with Gasteiger partial charge < -0.3 is 11.1 Å². The summed E-state index contributed by atoms with van der Waals surface area (Å²) in [5.74, 6) is 3.49. The average molecular weight is 348 g/mol. The van der Waals surface area contributed by atoms with Crippen LogP contribution in [0.3, 0.4) is 0 Å². The second kappa shape index (κ2) is 6.00. The van der Waals surface area contributed by atoms with Crippen molar-refractivity contribution in [3.63, 3.8) is 0 Å². The van der Waals surface area contributed by atoms with Crippen LogP contribution < -0.4 is 11.1 Å². The number of rotatable bonds is 3. The van der Waals surface area contributed by atoms with E-state index in [1.54, 1.807) is 0 Å². The molecule has 0 amide bonds. The Hall–Kier alpha value is -0.100. The summed E-state index contributed by atoms with van der Waals surface area (Å²) < 4.78 is 1.21. The fraction of sp³-hybridized carbons (Fsp3) is 0.500. The quantitative estimate of drug-likeness (QED) is 0.649. The minimum absolute atomic E-state index is 0.837. The lowest BCUT2D eigenvalue weighted by Crippen LogP contribution is -2.19. The molecule has 0 spiro atoms. The van der Waals surface area contributed by atoms with Gasteiger partial charge in [-0.05, 0) is 71.1 Å². The van der Waals surface area contributed by atoms with Crippen molar-refractivity contribution in [3.8, 4) is 0 Å². The number of nitrogens with one attached hydrogen (secondary N) is 1. The molecule has 3 N–H and O–H groups in total. The molecule has 0 saturated carbocycles. The Bertz CT molecular complexity index is 351. The molecule has 4 heteroatoms. The molecule has 0 aliphatic carbocycles. The molecule has 16 heavy (non-hydrogen) atoms. The highest BCUT2D eigenvalue weighted by Gasteiger charge is 2.13. The Morgan fingerprint density at radius 3 is 2.81 bits per heavy atom. The van der Waals surface area contributed by atoms with E-state index in [2.05, 4.69) is 45.7 Å². The first-order valence-corrected chi connectivity index (χ1v) is 7.85. The van der Waals surface area contributed by atoms with E-state index in [-0.39, 0.29) is 0 Å². The van der Waals surface area contributed by atoms with Gasteiger partial charge in [0.2, 0.25) is 0 Å². The molecule has 1 saturated heterocycles. The number of nitrogens with two attached hydrogens (primary N) is 1. The molecular weight excluding hydrogens is 331 g/mol. The molecule has 1 fully saturated rings. The van der Waals surface area contributed by atoms with E-state index in [0.717, 1.165) is 18.2 Å². The maximum absolute atomic E-state index is 5.73. The lowest BCUT2D eigenvalue weighted by molar-refractivity contribution is 0.516. The Morgan fingerprint density at radius 1 is 1.38 bits per heavy atom. The van der Waals surface area contributed by atoms with Crippen molar-refractivity contribution in [2.24, 2.45) is 5.92 Å². The predicted octanol–water partition coefficient (Wildman–Crippen LogP) is 3.43. The topological polar surface area (TPSA) is 38.0 Å². The van der Waals surface area contributed by atoms with Crippen LogP contribution in [-0.4, -0.2) is 18.1 Å². The molecule has 2 nitrogen and oxygen atoms in total. The monoisotopic (exact) mass is 348 g/mol. The number of hydrogen-bond donors (Lipinski definition) is 2. The zero-order chi connectivity index (χ0) is 11.4. The van der Waals surface area contributed by atoms with Crippen LogP contribution in [0, 0.1) is 9.49 Å². The fourth-order valence-corrected chi connectivity index (χ4v) is 3.81. The van der Waals surface area contributed by atoms with Gasteiger partial charge in [0.15, 0.2) is 0 Å². The molecule has 1 heterocycles. The van der Waals surface area contributed by atoms with Crippen LogP contribution in [0.2, 0.25) is 0 Å². The Labute approximate surface area is 115 Å². The number of benzene rings is 1. The summed E-state index contributed by atoms with van der Waals surface area (Å²) in [6.45, 7) is 1.10. The highest BCUT2D eigenvalue weighted by atomic mass is 127. The summed E-state index contributed by atoms with van der Waals surface area (Å²) >= 11 is 4.41. The minimum atomic E-state index is 0.837. The molecular formula is C12H17IN2S. The first-order valence-electron chi connectivity index (χ1n) is 5.62. The van der Waals surface area contributed by atoms with Crippen molar-refractivity contribution >= 4 is 45.7 Å². The second-order valence-corrected chi connectivity index (χ2v) is 6.56. The molecule has 1 aliphatic heterocycles. The maximum Gasteiger partial charge on any atom is 0.0477 e. The van der Waals surface area contributed by atoms with E-state index in [0.29, 0.717) is 0 Å². The largest absolute Gasteiger partial charge is 0.399 e. The van der Waals surface area contributed by atoms with Crippen molar-refractivity contribution in [1.82, 2.24) is 0 Å². The van der Waals surface area contributed by atoms with Crippen LogP contribution in [0.15, 0.2) is 18.2 Å². The summed E-state index contributed by atoms with van der Waals surface area (Å²) in [6.07, 6.45) is 2.70. The Morgan fingerprint density at radius 2 is 2.12 bits per heavy atom. The summed E-state index contributed by atoms with van der Waals surface area (Å²) in [5.41, 5.74) is 7.78. The lowest BCUT2D eigenvalue weighted by Gasteiger charge is -2.22. The number of anilines is 2. The second-order valence-electron chi connectivity index (χ2n) is 4.18. The van der Waals surface area contributed by atoms with Gasteiger partial charge in [-0.1, -0.05) is 0 Å². The summed E-state index contributed by atoms with van der Waals surface area (Å²) in [6, 6.07) is 6.05. The third-order valence-electron chi connectivity index (χ3n) is 2.92. The van der Waals surface area contributed by atoms with E-state index >= 15 is 0 Å². The zero-order valence-electron chi connectivity index (χ0n) is 9.21. The SMILES string of the molecule is Nc1ccc(NCC2CCSCC2)c(I)c1. The number of hydrogen-bond acceptors (Lipinski definition) is 3. The van der Waals surface area contributed by atoms with Gasteiger partial charge in [0, 0.05) is 21.5 Å². The molecule has 1 aliphatic rings. The lowest BCUT2D eigenvalue weighted by atomic mass is 10.0. The fourth-order valence-electron chi connectivity index (χ4n) is 1.88. The van der Waals surface area contributed by atoms with Crippen LogP contribution in [0.1, 0.15) is 12.8 Å². The normalized spacial score (nSPS) is 17.3. The van der Waals surface area contributed by atoms with Crippen molar-refractivity contribution in [2.75, 3.05) is 29.1 Å². The van der Waals surface area contributed by atoms with Gasteiger partial charge >= 0.3 is 0 Å². The molecule has 0 atom stereocenters. The van der Waals surface area contributed by atoms with Crippen molar-refractivity contribution < 1.29 is 0 Å². The van der Waals surface area contributed by atoms with E-state index < -0.39 is 0 Å². The van der Waals surface area contributed by atoms with E-state index in [9.17, 15) is 0 Å². The van der Waals surface area contributed by atoms with Crippen LogP contribution in [0.5, 0.6) is 0 Å². The van der Waals surface area contributed by atoms with Crippen LogP contribution in [-0.2, 0) is 0 Å². The molecule has 1 aromatic rings. The summed E-state index contributed by atoms with van der Waals surface area (Å²) in [5, 5.41) is 3.54. The molecule has 0 bridgehead atoms. The van der Waals surface area contributed by atoms with Gasteiger partial charge in [-0.2, -0.15) is 11.8 Å². The Kier molecular flexibility index (Phi) is 4.64. The van der Waals surface area contributed by atoms with Crippen molar-refractivity contribution in [2.45, 2.75) is 12.8 Å². The van der Waals surface area contributed by atoms with Crippen molar-refractivity contribution in [3.05, 3.63) is 21.8 Å². The first kappa shape index (κ1) is 12.4. The standard InChI is InChI=1S/C12H17IN2S/c13-11-7-10(14)1-2-12(11)15-8-9-3-5-16-6-4-9/h1-2,7,9,15H,3-6,8,14H2. The molecule has 1 aromatic carbocycles. The van der Waals surface area contributed by atoms with Gasteiger partial charge in [0.05, 0.1) is 0 Å². The Balaban J connectivity index is 1.88. The first-order chi connectivity index (χ1) is 7.75. The number of thioether (sulfide) groups is 1. The molecule has 0 radical (unpaired) electrons. The van der Waals surface area contributed by atoms with Gasteiger partial charge in [0.1, 0.15) is 0 Å². The molecule has 88 valence electrons. The van der Waals surface area contributed by atoms with Gasteiger partial charge in [0.25, 0.3) is 0 Å². The minimum Gasteiger partial charge on any atom is -0.399 e. The summed E-state index contributed by atoms with van der Waals surface area (Å²) in [4.78, 5) is 0. The average Bonchev–Trinajstić information content (AvgIpc) is 2.29.